The highest BCUT2D eigenvalue weighted by molar-refractivity contribution is 7.90. The topological polar surface area (TPSA) is 128 Å². The molecule has 1 fully saturated rings. The first-order chi connectivity index (χ1) is 21.5. The fraction of sp³-hybridized carbons (Fsp3) is 0.618. The van der Waals surface area contributed by atoms with E-state index in [4.69, 9.17) is 16.3 Å². The second kappa shape index (κ2) is 14.6. The van der Waals surface area contributed by atoms with Crippen LogP contribution >= 0.6 is 11.6 Å². The molecule has 1 aliphatic carbocycles. The fourth-order valence-electron chi connectivity index (χ4n) is 7.20. The van der Waals surface area contributed by atoms with Gasteiger partial charge in [0, 0.05) is 36.8 Å². The van der Waals surface area contributed by atoms with Gasteiger partial charge in [0.05, 0.1) is 23.1 Å². The van der Waals surface area contributed by atoms with Crippen LogP contribution < -0.4 is 19.7 Å². The molecule has 0 radical (unpaired) electrons. The minimum Gasteiger partial charge on any atom is -0.487 e. The molecule has 0 saturated heterocycles. The minimum absolute atomic E-state index is 0.00866. The van der Waals surface area contributed by atoms with Gasteiger partial charge in [0.1, 0.15) is 12.4 Å². The summed E-state index contributed by atoms with van der Waals surface area (Å²) in [6.07, 6.45) is 6.37. The maximum atomic E-state index is 13.4. The Morgan fingerprint density at radius 1 is 1.09 bits per heavy atom. The van der Waals surface area contributed by atoms with E-state index in [0.717, 1.165) is 48.9 Å². The summed E-state index contributed by atoms with van der Waals surface area (Å²) in [6.45, 7) is 6.02. The third kappa shape index (κ3) is 7.96. The van der Waals surface area contributed by atoms with Crippen LogP contribution in [0.1, 0.15) is 80.3 Å². The first kappa shape index (κ1) is 34.0. The molecule has 2 aromatic carbocycles. The Hall–Kier alpha value is -2.37. The number of rotatable bonds is 4. The normalized spacial score (nSPS) is 29.2. The SMILES string of the molecule is C[C@@H]1[C@@H](C)CCC[C@](O)(CNCCO)[C@@H]2CC[C@H]2CN2CCCCc3cc(Cl)ccc3COc3ccc(cc32)C(=O)NS1(=O)=O. The summed E-state index contributed by atoms with van der Waals surface area (Å²) in [5, 5.41) is 24.7. The Morgan fingerprint density at radius 3 is 2.67 bits per heavy atom. The van der Waals surface area contributed by atoms with Crippen LogP contribution in [0.15, 0.2) is 36.4 Å². The van der Waals surface area contributed by atoms with Crippen LogP contribution in [0.25, 0.3) is 0 Å². The van der Waals surface area contributed by atoms with Crippen LogP contribution in [0.4, 0.5) is 5.69 Å². The second-order valence-corrected chi connectivity index (χ2v) is 15.8. The number of amides is 1. The zero-order chi connectivity index (χ0) is 32.2. The Morgan fingerprint density at radius 2 is 1.91 bits per heavy atom. The van der Waals surface area contributed by atoms with Crippen molar-refractivity contribution in [2.45, 2.75) is 82.7 Å². The van der Waals surface area contributed by atoms with E-state index < -0.39 is 26.8 Å². The van der Waals surface area contributed by atoms with Crippen LogP contribution in [0.3, 0.4) is 0 Å². The van der Waals surface area contributed by atoms with E-state index in [0.29, 0.717) is 62.8 Å². The summed E-state index contributed by atoms with van der Waals surface area (Å²) < 4.78 is 35.4. The number of carbonyl (C=O) groups excluding carboxylic acids is 1. The molecule has 5 rings (SSSR count). The van der Waals surface area contributed by atoms with Gasteiger partial charge in [-0.3, -0.25) is 4.79 Å². The monoisotopic (exact) mass is 661 g/mol. The predicted octanol–water partition coefficient (Wildman–Crippen LogP) is 4.67. The van der Waals surface area contributed by atoms with Gasteiger partial charge in [-0.25, -0.2) is 13.1 Å². The molecule has 2 aliphatic heterocycles. The number of aliphatic hydroxyl groups excluding tert-OH is 1. The zero-order valence-corrected chi connectivity index (χ0v) is 28.0. The van der Waals surface area contributed by atoms with Crippen molar-refractivity contribution in [3.63, 3.8) is 0 Å². The van der Waals surface area contributed by atoms with Gasteiger partial charge >= 0.3 is 0 Å². The first-order valence-electron chi connectivity index (χ1n) is 16.4. The molecule has 2 aromatic rings. The fourth-order valence-corrected chi connectivity index (χ4v) is 8.70. The van der Waals surface area contributed by atoms with Crippen LogP contribution in [0.2, 0.25) is 5.02 Å². The third-order valence-electron chi connectivity index (χ3n) is 10.3. The van der Waals surface area contributed by atoms with Gasteiger partial charge < -0.3 is 25.2 Å². The summed E-state index contributed by atoms with van der Waals surface area (Å²) in [5.74, 6) is 0.0275. The van der Waals surface area contributed by atoms with E-state index in [1.165, 1.54) is 0 Å². The summed E-state index contributed by atoms with van der Waals surface area (Å²) in [6, 6.07) is 11.0. The molecule has 3 aliphatic rings. The van der Waals surface area contributed by atoms with E-state index in [2.05, 4.69) is 14.9 Å². The molecule has 5 atom stereocenters. The quantitative estimate of drug-likeness (QED) is 0.348. The van der Waals surface area contributed by atoms with Crippen molar-refractivity contribution in [1.29, 1.82) is 0 Å². The summed E-state index contributed by atoms with van der Waals surface area (Å²) in [4.78, 5) is 15.7. The molecule has 0 unspecified atom stereocenters. The average molecular weight is 662 g/mol. The highest BCUT2D eigenvalue weighted by Crippen LogP contribution is 2.46. The van der Waals surface area contributed by atoms with Gasteiger partial charge in [-0.1, -0.05) is 31.0 Å². The summed E-state index contributed by atoms with van der Waals surface area (Å²) in [7, 11) is -3.95. The predicted molar refractivity (Wildman–Crippen MR) is 177 cm³/mol. The molecule has 1 amide bonds. The number of aryl methyl sites for hydroxylation is 1. The Bertz CT molecular complexity index is 1460. The average Bonchev–Trinajstić information content (AvgIpc) is 3.01. The molecule has 2 bridgehead atoms. The van der Waals surface area contributed by atoms with Crippen LogP contribution in [0.5, 0.6) is 5.75 Å². The standard InChI is InChI=1S/C34H48ClN3O6S/c1-23-6-5-14-34(41,22-36-15-17-39)30-12-9-27(30)20-38-16-4-3-7-25-18-29(35)11-8-28(25)21-44-32-13-10-26(19-31(32)38)33(40)37-45(42,43)24(23)2/h8,10-11,13,18-19,23-24,27,30,36,39,41H,3-7,9,12,14-17,20-22H2,1-2H3,(H,37,40)/t23-,24+,27-,30+,34-/m0/s1. The lowest BCUT2D eigenvalue weighted by molar-refractivity contribution is -0.0866. The number of sulfonamides is 1. The highest BCUT2D eigenvalue weighted by Gasteiger charge is 2.46. The molecule has 4 N–H and O–H groups in total. The molecule has 1 saturated carbocycles. The Labute approximate surface area is 272 Å². The number of halogens is 1. The number of nitrogens with zero attached hydrogens (tertiary/aromatic N) is 1. The Balaban J connectivity index is 1.54. The number of benzene rings is 2. The maximum absolute atomic E-state index is 13.4. The van der Waals surface area contributed by atoms with E-state index in [1.54, 1.807) is 25.1 Å². The zero-order valence-electron chi connectivity index (χ0n) is 26.4. The molecule has 45 heavy (non-hydrogen) atoms. The lowest BCUT2D eigenvalue weighted by Crippen LogP contribution is -2.55. The van der Waals surface area contributed by atoms with E-state index in [1.807, 2.05) is 25.1 Å². The minimum atomic E-state index is -3.95. The van der Waals surface area contributed by atoms with Crippen molar-refractivity contribution in [1.82, 2.24) is 10.0 Å². The smallest absolute Gasteiger partial charge is 0.264 e. The summed E-state index contributed by atoms with van der Waals surface area (Å²) >= 11 is 6.33. The van der Waals surface area contributed by atoms with Crippen LogP contribution in [-0.2, 0) is 23.1 Å². The summed E-state index contributed by atoms with van der Waals surface area (Å²) in [5.41, 5.74) is 2.24. The lowest BCUT2D eigenvalue weighted by atomic mass is 9.63. The van der Waals surface area contributed by atoms with Crippen molar-refractivity contribution in [3.8, 4) is 5.75 Å². The first-order valence-corrected chi connectivity index (χ1v) is 18.3. The molecule has 248 valence electrons. The van der Waals surface area contributed by atoms with Gasteiger partial charge in [0.25, 0.3) is 5.91 Å². The second-order valence-electron chi connectivity index (χ2n) is 13.3. The van der Waals surface area contributed by atoms with Crippen molar-refractivity contribution in [2.24, 2.45) is 17.8 Å². The van der Waals surface area contributed by atoms with Crippen molar-refractivity contribution in [2.75, 3.05) is 37.7 Å². The van der Waals surface area contributed by atoms with Gasteiger partial charge in [-0.05, 0) is 111 Å². The highest BCUT2D eigenvalue weighted by atomic mass is 35.5. The van der Waals surface area contributed by atoms with Crippen LogP contribution in [-0.4, -0.2) is 68.2 Å². The number of anilines is 1. The number of aliphatic hydroxyl groups is 2. The largest absolute Gasteiger partial charge is 0.487 e. The van der Waals surface area contributed by atoms with E-state index in [9.17, 15) is 23.4 Å². The van der Waals surface area contributed by atoms with E-state index in [-0.39, 0.29) is 29.9 Å². The number of ether oxygens (including phenoxy) is 1. The lowest BCUT2D eigenvalue weighted by Gasteiger charge is -2.49. The van der Waals surface area contributed by atoms with E-state index >= 15 is 0 Å². The molecule has 9 nitrogen and oxygen atoms in total. The number of hydrogen-bond acceptors (Lipinski definition) is 8. The number of hydrogen-bond donors (Lipinski definition) is 4. The maximum Gasteiger partial charge on any atom is 0.264 e. The number of carbonyl (C=O) groups is 1. The van der Waals surface area contributed by atoms with Gasteiger partial charge in [0.2, 0.25) is 10.0 Å². The molecule has 11 heteroatoms. The van der Waals surface area contributed by atoms with Crippen molar-refractivity contribution in [3.05, 3.63) is 58.1 Å². The molecular weight excluding hydrogens is 614 g/mol. The van der Waals surface area contributed by atoms with Gasteiger partial charge in [0.15, 0.2) is 0 Å². The van der Waals surface area contributed by atoms with Gasteiger partial charge in [-0.15, -0.1) is 0 Å². The number of nitrogens with one attached hydrogen (secondary N) is 2. The molecular formula is C34H48ClN3O6S. The molecule has 0 spiro atoms. The Kier molecular flexibility index (Phi) is 11.0. The van der Waals surface area contributed by atoms with Crippen LogP contribution in [0, 0.1) is 17.8 Å². The molecule has 2 heterocycles. The van der Waals surface area contributed by atoms with Gasteiger partial charge in [-0.2, -0.15) is 0 Å². The third-order valence-corrected chi connectivity index (χ3v) is 12.5. The van der Waals surface area contributed by atoms with Crippen molar-refractivity contribution < 1.29 is 28.2 Å². The van der Waals surface area contributed by atoms with Crippen molar-refractivity contribution >= 4 is 33.2 Å². The number of fused-ring (bicyclic) bond motifs is 3. The molecule has 0 aromatic heterocycles.